The third kappa shape index (κ3) is 1.64. The summed E-state index contributed by atoms with van der Waals surface area (Å²) >= 11 is 0. The van der Waals surface area contributed by atoms with Crippen molar-refractivity contribution in [3.8, 4) is 0 Å². The topological polar surface area (TPSA) is 70.9 Å². The van der Waals surface area contributed by atoms with Crippen molar-refractivity contribution < 1.29 is 4.79 Å². The zero-order chi connectivity index (χ0) is 15.5. The number of benzene rings is 1. The average molecular weight is 297 g/mol. The summed E-state index contributed by atoms with van der Waals surface area (Å²) < 4.78 is 0. The van der Waals surface area contributed by atoms with Crippen molar-refractivity contribution in [2.75, 3.05) is 6.54 Å². The second-order valence-corrected chi connectivity index (χ2v) is 7.08. The van der Waals surface area contributed by atoms with Crippen LogP contribution in [0.25, 0.3) is 10.9 Å². The number of carbonyl (C=O) groups excluding carboxylic acids is 1. The predicted octanol–water partition coefficient (Wildman–Crippen LogP) is 2.42. The van der Waals surface area contributed by atoms with E-state index in [9.17, 15) is 4.79 Å². The molecule has 0 spiro atoms. The zero-order valence-electron chi connectivity index (χ0n) is 13.1. The number of hydrogen-bond acceptors (Lipinski definition) is 2. The Morgan fingerprint density at radius 1 is 1.36 bits per heavy atom. The molecule has 1 aromatic heterocycles. The molecule has 1 aromatic carbocycles. The fourth-order valence-corrected chi connectivity index (χ4v) is 5.02. The summed E-state index contributed by atoms with van der Waals surface area (Å²) in [4.78, 5) is 15.8. The summed E-state index contributed by atoms with van der Waals surface area (Å²) in [5, 5.41) is 4.56. The lowest BCUT2D eigenvalue weighted by Gasteiger charge is -2.30. The Morgan fingerprint density at radius 2 is 2.14 bits per heavy atom. The molecule has 1 aliphatic carbocycles. The molecule has 1 saturated carbocycles. The molecule has 4 unspecified atom stereocenters. The third-order valence-electron chi connectivity index (χ3n) is 5.98. The van der Waals surface area contributed by atoms with E-state index in [4.69, 9.17) is 5.73 Å². The first-order chi connectivity index (χ1) is 10.6. The lowest BCUT2D eigenvalue weighted by atomic mass is 9.80. The molecular weight excluding hydrogens is 274 g/mol. The van der Waals surface area contributed by atoms with Gasteiger partial charge in [-0.1, -0.05) is 25.1 Å². The van der Waals surface area contributed by atoms with Gasteiger partial charge < -0.3 is 16.0 Å². The number of aryl methyl sites for hydroxylation is 1. The lowest BCUT2D eigenvalue weighted by molar-refractivity contribution is -0.120. The number of para-hydroxylation sites is 1. The molecule has 4 rings (SSSR count). The van der Waals surface area contributed by atoms with Gasteiger partial charge in [-0.15, -0.1) is 0 Å². The maximum atomic E-state index is 12.2. The molecule has 1 amide bonds. The Balaban J connectivity index is 1.91. The van der Waals surface area contributed by atoms with Crippen LogP contribution in [-0.2, 0) is 10.3 Å². The van der Waals surface area contributed by atoms with Crippen molar-refractivity contribution in [1.82, 2.24) is 10.3 Å². The van der Waals surface area contributed by atoms with Crippen molar-refractivity contribution in [2.45, 2.75) is 32.2 Å². The van der Waals surface area contributed by atoms with Crippen LogP contribution in [0.3, 0.4) is 0 Å². The Bertz CT molecular complexity index is 750. The van der Waals surface area contributed by atoms with Gasteiger partial charge in [-0.25, -0.2) is 0 Å². The standard InChI is InChI=1S/C18H23N3O/c1-10-8-18(14(13(10)9-19)7-16(22)21-18)17-11(2)12-5-3-4-6-15(12)20-17/h3-6,10,13-14,20H,7-9,19H2,1-2H3,(H,21,22). The highest BCUT2D eigenvalue weighted by Crippen LogP contribution is 2.55. The normalized spacial score (nSPS) is 34.1. The van der Waals surface area contributed by atoms with Gasteiger partial charge in [0.25, 0.3) is 0 Å². The van der Waals surface area contributed by atoms with Gasteiger partial charge in [0.15, 0.2) is 0 Å². The molecule has 2 aliphatic rings. The van der Waals surface area contributed by atoms with Gasteiger partial charge >= 0.3 is 0 Å². The number of nitrogens with one attached hydrogen (secondary N) is 2. The van der Waals surface area contributed by atoms with Crippen LogP contribution in [0.15, 0.2) is 24.3 Å². The van der Waals surface area contributed by atoms with Gasteiger partial charge in [0.1, 0.15) is 0 Å². The van der Waals surface area contributed by atoms with Crippen LogP contribution in [0, 0.1) is 24.7 Å². The first kappa shape index (κ1) is 13.8. The molecule has 4 atom stereocenters. The minimum atomic E-state index is -0.260. The van der Waals surface area contributed by atoms with E-state index in [1.54, 1.807) is 0 Å². The van der Waals surface area contributed by atoms with Crippen molar-refractivity contribution >= 4 is 16.8 Å². The second kappa shape index (κ2) is 4.59. The number of rotatable bonds is 2. The zero-order valence-corrected chi connectivity index (χ0v) is 13.1. The maximum Gasteiger partial charge on any atom is 0.221 e. The van der Waals surface area contributed by atoms with Crippen molar-refractivity contribution in [3.63, 3.8) is 0 Å². The smallest absolute Gasteiger partial charge is 0.221 e. The van der Waals surface area contributed by atoms with E-state index >= 15 is 0 Å². The van der Waals surface area contributed by atoms with Crippen LogP contribution in [0.1, 0.15) is 31.0 Å². The number of carbonyl (C=O) groups is 1. The van der Waals surface area contributed by atoms with E-state index in [1.807, 2.05) is 6.07 Å². The maximum absolute atomic E-state index is 12.2. The SMILES string of the molecule is Cc1c(C23CC(C)C(CN)C2CC(=O)N3)[nH]c2ccccc12. The van der Waals surface area contributed by atoms with E-state index in [2.05, 4.69) is 42.3 Å². The van der Waals surface area contributed by atoms with Crippen LogP contribution in [0.2, 0.25) is 0 Å². The molecule has 2 heterocycles. The van der Waals surface area contributed by atoms with Gasteiger partial charge in [0, 0.05) is 28.9 Å². The van der Waals surface area contributed by atoms with Crippen molar-refractivity contribution in [3.05, 3.63) is 35.5 Å². The molecule has 1 saturated heterocycles. The number of hydrogen-bond donors (Lipinski definition) is 3. The van der Waals surface area contributed by atoms with E-state index in [1.165, 1.54) is 16.6 Å². The summed E-state index contributed by atoms with van der Waals surface area (Å²) in [5.74, 6) is 1.39. The summed E-state index contributed by atoms with van der Waals surface area (Å²) in [6.07, 6.45) is 1.57. The minimum Gasteiger partial charge on any atom is -0.356 e. The summed E-state index contributed by atoms with van der Waals surface area (Å²) in [5.41, 5.74) is 9.36. The highest BCUT2D eigenvalue weighted by Gasteiger charge is 2.58. The van der Waals surface area contributed by atoms with Crippen LogP contribution in [0.5, 0.6) is 0 Å². The molecule has 2 fully saturated rings. The predicted molar refractivity (Wildman–Crippen MR) is 87.3 cm³/mol. The molecule has 116 valence electrons. The molecule has 22 heavy (non-hydrogen) atoms. The lowest BCUT2D eigenvalue weighted by Crippen LogP contribution is -2.42. The third-order valence-corrected chi connectivity index (χ3v) is 5.98. The largest absolute Gasteiger partial charge is 0.356 e. The highest BCUT2D eigenvalue weighted by molar-refractivity contribution is 5.86. The summed E-state index contributed by atoms with van der Waals surface area (Å²) in [7, 11) is 0. The molecule has 0 radical (unpaired) electrons. The number of aromatic nitrogens is 1. The fraction of sp³-hybridized carbons (Fsp3) is 0.500. The van der Waals surface area contributed by atoms with E-state index in [0.29, 0.717) is 30.7 Å². The second-order valence-electron chi connectivity index (χ2n) is 7.08. The Kier molecular flexibility index (Phi) is 2.89. The van der Waals surface area contributed by atoms with Gasteiger partial charge in [0.05, 0.1) is 5.54 Å². The Hall–Kier alpha value is -1.81. The summed E-state index contributed by atoms with van der Waals surface area (Å²) in [6.45, 7) is 5.08. The van der Waals surface area contributed by atoms with Gasteiger partial charge in [0.2, 0.25) is 5.91 Å². The number of aromatic amines is 1. The first-order valence-corrected chi connectivity index (χ1v) is 8.15. The monoisotopic (exact) mass is 297 g/mol. The molecule has 0 bridgehead atoms. The highest BCUT2D eigenvalue weighted by atomic mass is 16.2. The van der Waals surface area contributed by atoms with Crippen LogP contribution < -0.4 is 11.1 Å². The summed E-state index contributed by atoms with van der Waals surface area (Å²) in [6, 6.07) is 8.36. The first-order valence-electron chi connectivity index (χ1n) is 8.15. The van der Waals surface area contributed by atoms with E-state index in [0.717, 1.165) is 11.9 Å². The molecule has 4 N–H and O–H groups in total. The van der Waals surface area contributed by atoms with E-state index < -0.39 is 0 Å². The van der Waals surface area contributed by atoms with Crippen LogP contribution >= 0.6 is 0 Å². The van der Waals surface area contributed by atoms with E-state index in [-0.39, 0.29) is 11.4 Å². The number of fused-ring (bicyclic) bond motifs is 2. The van der Waals surface area contributed by atoms with Gasteiger partial charge in [-0.3, -0.25) is 4.79 Å². The average Bonchev–Trinajstić information content (AvgIpc) is 3.07. The minimum absolute atomic E-state index is 0.161. The van der Waals surface area contributed by atoms with Crippen molar-refractivity contribution in [1.29, 1.82) is 0 Å². The Morgan fingerprint density at radius 3 is 2.86 bits per heavy atom. The van der Waals surface area contributed by atoms with Gasteiger partial charge in [-0.05, 0) is 43.4 Å². The van der Waals surface area contributed by atoms with Gasteiger partial charge in [-0.2, -0.15) is 0 Å². The number of H-pyrrole nitrogens is 1. The van der Waals surface area contributed by atoms with Crippen molar-refractivity contribution in [2.24, 2.45) is 23.5 Å². The Labute approximate surface area is 130 Å². The quantitative estimate of drug-likeness (QED) is 0.796. The molecule has 4 nitrogen and oxygen atoms in total. The molecular formula is C18H23N3O. The molecule has 4 heteroatoms. The van der Waals surface area contributed by atoms with Crippen LogP contribution in [-0.4, -0.2) is 17.4 Å². The molecule has 2 aromatic rings. The number of nitrogens with two attached hydrogens (primary N) is 1. The number of amides is 1. The van der Waals surface area contributed by atoms with Crippen LogP contribution in [0.4, 0.5) is 0 Å². The fourth-order valence-electron chi connectivity index (χ4n) is 5.02. The molecule has 1 aliphatic heterocycles.